The molecule has 0 bridgehead atoms. The smallest absolute Gasteiger partial charge is 0.405 e. The highest BCUT2D eigenvalue weighted by molar-refractivity contribution is 5.94. The summed E-state index contributed by atoms with van der Waals surface area (Å²) in [6, 6.07) is 5.29. The minimum absolute atomic E-state index is 0.0560. The Labute approximate surface area is 175 Å². The molecule has 8 nitrogen and oxygen atoms in total. The normalized spacial score (nSPS) is 21.1. The van der Waals surface area contributed by atoms with Gasteiger partial charge in [0.1, 0.15) is 0 Å². The van der Waals surface area contributed by atoms with Gasteiger partial charge in [-0.05, 0) is 55.9 Å². The van der Waals surface area contributed by atoms with Crippen LogP contribution in [0.3, 0.4) is 0 Å². The monoisotopic (exact) mass is 409 g/mol. The number of hydrogen-bond acceptors (Lipinski definition) is 5. The number of aromatic nitrogens is 2. The van der Waals surface area contributed by atoms with E-state index in [2.05, 4.69) is 20.2 Å². The summed E-state index contributed by atoms with van der Waals surface area (Å²) in [5, 5.41) is 11.9. The molecule has 2 N–H and O–H groups in total. The molecule has 4 rings (SSSR count). The Hall–Kier alpha value is -3.16. The van der Waals surface area contributed by atoms with Crippen LogP contribution >= 0.6 is 0 Å². The van der Waals surface area contributed by atoms with E-state index in [0.717, 1.165) is 41.4 Å². The van der Waals surface area contributed by atoms with Crippen LogP contribution in [0.5, 0.6) is 0 Å². The number of nitrogens with one attached hydrogen (secondary N) is 1. The number of anilines is 2. The van der Waals surface area contributed by atoms with Crippen LogP contribution in [0.15, 0.2) is 30.6 Å². The second-order valence-corrected chi connectivity index (χ2v) is 8.07. The van der Waals surface area contributed by atoms with Crippen molar-refractivity contribution in [1.29, 1.82) is 0 Å². The Morgan fingerprint density at radius 2 is 1.80 bits per heavy atom. The van der Waals surface area contributed by atoms with Crippen LogP contribution in [-0.4, -0.2) is 46.2 Å². The lowest BCUT2D eigenvalue weighted by Crippen LogP contribution is -2.45. The first-order valence-corrected chi connectivity index (χ1v) is 10.4. The maximum atomic E-state index is 12.2. The van der Waals surface area contributed by atoms with E-state index in [-0.39, 0.29) is 18.0 Å². The van der Waals surface area contributed by atoms with E-state index in [1.54, 1.807) is 4.90 Å². The van der Waals surface area contributed by atoms with Gasteiger partial charge in [-0.2, -0.15) is 0 Å². The first kappa shape index (κ1) is 20.1. The zero-order valence-corrected chi connectivity index (χ0v) is 17.3. The summed E-state index contributed by atoms with van der Waals surface area (Å²) >= 11 is 0. The quantitative estimate of drug-likeness (QED) is 0.804. The molecule has 2 aliphatic heterocycles. The first-order valence-electron chi connectivity index (χ1n) is 10.4. The number of piperidine rings is 1. The number of hydrogen-bond donors (Lipinski definition) is 2. The molecule has 0 spiro atoms. The molecule has 0 aliphatic carbocycles. The Kier molecular flexibility index (Phi) is 5.57. The van der Waals surface area contributed by atoms with Gasteiger partial charge in [0.05, 0.1) is 6.04 Å². The van der Waals surface area contributed by atoms with Gasteiger partial charge in [0.25, 0.3) is 0 Å². The summed E-state index contributed by atoms with van der Waals surface area (Å²) in [7, 11) is 0. The van der Waals surface area contributed by atoms with Gasteiger partial charge >= 0.3 is 6.09 Å². The van der Waals surface area contributed by atoms with E-state index in [4.69, 9.17) is 0 Å². The molecule has 2 aliphatic rings. The number of nitrogens with zero attached hydrogens (tertiary/aromatic N) is 4. The third kappa shape index (κ3) is 3.94. The molecule has 30 heavy (non-hydrogen) atoms. The highest BCUT2D eigenvalue weighted by atomic mass is 16.4. The summed E-state index contributed by atoms with van der Waals surface area (Å²) < 4.78 is 0. The predicted octanol–water partition coefficient (Wildman–Crippen LogP) is 3.59. The highest BCUT2D eigenvalue weighted by Crippen LogP contribution is 2.39. The molecule has 0 unspecified atom stereocenters. The third-order valence-electron chi connectivity index (χ3n) is 5.93. The summed E-state index contributed by atoms with van der Waals surface area (Å²) in [5.41, 5.74) is 3.30. The maximum Gasteiger partial charge on any atom is 0.405 e. The standard InChI is InChI=1S/C22H27N5O3/c1-14-10-19(25-22(29)30)18-11-16(6-7-20(18)27(14)15(2)28)17-12-23-21(24-13-17)26-8-4-3-5-9-26/h6-7,11-14,19,25H,3-5,8-10H2,1-2H3,(H,29,30)/t14-,19+/m0/s1. The summed E-state index contributed by atoms with van der Waals surface area (Å²) in [6.07, 6.45) is 6.66. The summed E-state index contributed by atoms with van der Waals surface area (Å²) in [5.74, 6) is 0.693. The molecule has 2 aromatic rings. The number of benzene rings is 1. The molecule has 158 valence electrons. The van der Waals surface area contributed by atoms with Crippen molar-refractivity contribution in [2.75, 3.05) is 22.9 Å². The Balaban J connectivity index is 1.67. The Morgan fingerprint density at radius 1 is 1.10 bits per heavy atom. The molecule has 1 aromatic carbocycles. The Morgan fingerprint density at radius 3 is 2.43 bits per heavy atom. The number of fused-ring (bicyclic) bond motifs is 1. The summed E-state index contributed by atoms with van der Waals surface area (Å²) in [4.78, 5) is 36.6. The van der Waals surface area contributed by atoms with Crippen LogP contribution < -0.4 is 15.1 Å². The van der Waals surface area contributed by atoms with Crippen LogP contribution in [0.1, 0.15) is 51.1 Å². The highest BCUT2D eigenvalue weighted by Gasteiger charge is 2.33. The number of carbonyl (C=O) groups excluding carboxylic acids is 1. The van der Waals surface area contributed by atoms with Crippen LogP contribution in [0.25, 0.3) is 11.1 Å². The van der Waals surface area contributed by atoms with Crippen molar-refractivity contribution in [2.45, 2.75) is 51.6 Å². The second kappa shape index (κ2) is 8.30. The van der Waals surface area contributed by atoms with E-state index < -0.39 is 6.09 Å². The van der Waals surface area contributed by atoms with Crippen molar-refractivity contribution in [3.05, 3.63) is 36.2 Å². The number of amides is 2. The van der Waals surface area contributed by atoms with Gasteiger partial charge in [-0.3, -0.25) is 4.79 Å². The van der Waals surface area contributed by atoms with E-state index in [1.807, 2.05) is 37.5 Å². The van der Waals surface area contributed by atoms with Crippen molar-refractivity contribution in [1.82, 2.24) is 15.3 Å². The fraction of sp³-hybridized carbons (Fsp3) is 0.455. The van der Waals surface area contributed by atoms with E-state index >= 15 is 0 Å². The zero-order chi connectivity index (χ0) is 21.3. The fourth-order valence-corrected chi connectivity index (χ4v) is 4.54. The third-order valence-corrected chi connectivity index (χ3v) is 5.93. The summed E-state index contributed by atoms with van der Waals surface area (Å²) in [6.45, 7) is 5.44. The van der Waals surface area contributed by atoms with Crippen molar-refractivity contribution >= 4 is 23.6 Å². The van der Waals surface area contributed by atoms with E-state index in [1.165, 1.54) is 26.2 Å². The topological polar surface area (TPSA) is 98.7 Å². The van der Waals surface area contributed by atoms with Crippen LogP contribution in [0, 0.1) is 0 Å². The van der Waals surface area contributed by atoms with Crippen LogP contribution in [-0.2, 0) is 4.79 Å². The van der Waals surface area contributed by atoms with Crippen LogP contribution in [0.2, 0.25) is 0 Å². The first-order chi connectivity index (χ1) is 14.4. The van der Waals surface area contributed by atoms with Gasteiger partial charge in [-0.15, -0.1) is 0 Å². The number of rotatable bonds is 3. The van der Waals surface area contributed by atoms with Gasteiger partial charge in [0, 0.05) is 49.7 Å². The molecule has 2 atom stereocenters. The van der Waals surface area contributed by atoms with Crippen molar-refractivity contribution in [2.24, 2.45) is 0 Å². The molecule has 1 aromatic heterocycles. The molecular formula is C22H27N5O3. The minimum atomic E-state index is -1.07. The lowest BCUT2D eigenvalue weighted by Gasteiger charge is -2.39. The van der Waals surface area contributed by atoms with E-state index in [9.17, 15) is 14.7 Å². The van der Waals surface area contributed by atoms with Crippen molar-refractivity contribution in [3.63, 3.8) is 0 Å². The average Bonchev–Trinajstić information content (AvgIpc) is 2.73. The minimum Gasteiger partial charge on any atom is -0.465 e. The molecule has 0 radical (unpaired) electrons. The van der Waals surface area contributed by atoms with Gasteiger partial charge in [-0.25, -0.2) is 14.8 Å². The Bertz CT molecular complexity index is 940. The molecule has 0 saturated carbocycles. The molecule has 3 heterocycles. The second-order valence-electron chi connectivity index (χ2n) is 8.07. The van der Waals surface area contributed by atoms with Gasteiger partial charge in [0.2, 0.25) is 11.9 Å². The molecule has 1 fully saturated rings. The molecule has 2 amide bonds. The lowest BCUT2D eigenvalue weighted by atomic mass is 9.89. The lowest BCUT2D eigenvalue weighted by molar-refractivity contribution is -0.117. The fourth-order valence-electron chi connectivity index (χ4n) is 4.54. The SMILES string of the molecule is CC(=O)N1c2ccc(-c3cnc(N4CCCCC4)nc3)cc2[C@H](NC(=O)O)C[C@@H]1C. The van der Waals surface area contributed by atoms with Crippen molar-refractivity contribution in [3.8, 4) is 11.1 Å². The van der Waals surface area contributed by atoms with E-state index in [0.29, 0.717) is 6.42 Å². The van der Waals surface area contributed by atoms with Gasteiger partial charge < -0.3 is 20.2 Å². The molecular weight excluding hydrogens is 382 g/mol. The molecule has 8 heteroatoms. The molecule has 1 saturated heterocycles. The van der Waals surface area contributed by atoms with Crippen molar-refractivity contribution < 1.29 is 14.7 Å². The van der Waals surface area contributed by atoms with Crippen LogP contribution in [0.4, 0.5) is 16.4 Å². The number of carboxylic acid groups (broad SMARTS) is 1. The maximum absolute atomic E-state index is 12.2. The zero-order valence-electron chi connectivity index (χ0n) is 17.3. The largest absolute Gasteiger partial charge is 0.465 e. The number of carbonyl (C=O) groups is 2. The van der Waals surface area contributed by atoms with Gasteiger partial charge in [0.15, 0.2) is 0 Å². The predicted molar refractivity (Wildman–Crippen MR) is 115 cm³/mol. The van der Waals surface area contributed by atoms with Gasteiger partial charge in [-0.1, -0.05) is 6.07 Å². The average molecular weight is 409 g/mol.